The standard InChI is InChI=1S/C16H22N2O3S/c1-3-6-16(7-10-22(20,21)11-8-16)18-15(19)14-12-13(4-2)5-9-17-14/h3,5,9,12H,1,4,6-8,10-11H2,2H3,(H,18,19). The summed E-state index contributed by atoms with van der Waals surface area (Å²) in [6.07, 6.45) is 5.58. The summed E-state index contributed by atoms with van der Waals surface area (Å²) in [5.74, 6) is -0.0518. The van der Waals surface area contributed by atoms with Crippen LogP contribution in [0.2, 0.25) is 0 Å². The van der Waals surface area contributed by atoms with Crippen LogP contribution >= 0.6 is 0 Å². The number of nitrogens with zero attached hydrogens (tertiary/aromatic N) is 1. The van der Waals surface area contributed by atoms with Crippen molar-refractivity contribution >= 4 is 15.7 Å². The van der Waals surface area contributed by atoms with Crippen molar-refractivity contribution in [1.29, 1.82) is 0 Å². The van der Waals surface area contributed by atoms with Crippen LogP contribution in [-0.4, -0.2) is 36.4 Å². The van der Waals surface area contributed by atoms with Gasteiger partial charge in [-0.05, 0) is 43.4 Å². The number of carbonyl (C=O) groups excluding carboxylic acids is 1. The number of carbonyl (C=O) groups is 1. The van der Waals surface area contributed by atoms with Gasteiger partial charge < -0.3 is 5.32 Å². The van der Waals surface area contributed by atoms with E-state index >= 15 is 0 Å². The Morgan fingerprint density at radius 3 is 2.73 bits per heavy atom. The summed E-state index contributed by atoms with van der Waals surface area (Å²) in [4.78, 5) is 16.6. The molecule has 1 aliphatic rings. The van der Waals surface area contributed by atoms with Crippen molar-refractivity contribution in [3.63, 3.8) is 0 Å². The second-order valence-electron chi connectivity index (χ2n) is 5.78. The van der Waals surface area contributed by atoms with E-state index in [1.807, 2.05) is 13.0 Å². The number of nitrogens with one attached hydrogen (secondary N) is 1. The minimum Gasteiger partial charge on any atom is -0.345 e. The van der Waals surface area contributed by atoms with E-state index in [9.17, 15) is 13.2 Å². The van der Waals surface area contributed by atoms with E-state index in [4.69, 9.17) is 0 Å². The van der Waals surface area contributed by atoms with Crippen molar-refractivity contribution in [2.45, 2.75) is 38.1 Å². The average Bonchev–Trinajstić information content (AvgIpc) is 2.51. The summed E-state index contributed by atoms with van der Waals surface area (Å²) >= 11 is 0. The van der Waals surface area contributed by atoms with Crippen LogP contribution in [0.5, 0.6) is 0 Å². The summed E-state index contributed by atoms with van der Waals surface area (Å²) in [5.41, 5.74) is 0.883. The molecule has 0 aliphatic carbocycles. The number of hydrogen-bond acceptors (Lipinski definition) is 4. The lowest BCUT2D eigenvalue weighted by Gasteiger charge is -2.37. The number of aryl methyl sites for hydroxylation is 1. The van der Waals surface area contributed by atoms with Crippen LogP contribution in [-0.2, 0) is 16.3 Å². The molecule has 0 unspecified atom stereocenters. The first kappa shape index (κ1) is 16.7. The Morgan fingerprint density at radius 1 is 1.45 bits per heavy atom. The maximum atomic E-state index is 12.5. The number of rotatable bonds is 5. The Hall–Kier alpha value is -1.69. The van der Waals surface area contributed by atoms with Crippen molar-refractivity contribution in [3.8, 4) is 0 Å². The van der Waals surface area contributed by atoms with Gasteiger partial charge in [-0.15, -0.1) is 6.58 Å². The Bertz CT molecular complexity index is 654. The van der Waals surface area contributed by atoms with Gasteiger partial charge in [-0.3, -0.25) is 9.78 Å². The number of aromatic nitrogens is 1. The monoisotopic (exact) mass is 322 g/mol. The van der Waals surface area contributed by atoms with Gasteiger partial charge in [-0.25, -0.2) is 8.42 Å². The molecule has 120 valence electrons. The second kappa shape index (κ2) is 6.60. The molecule has 5 nitrogen and oxygen atoms in total. The lowest BCUT2D eigenvalue weighted by Crippen LogP contribution is -2.53. The Balaban J connectivity index is 2.17. The molecule has 0 atom stereocenters. The SMILES string of the molecule is C=CCC1(NC(=O)c2cc(CC)ccn2)CCS(=O)(=O)CC1. The molecule has 0 spiro atoms. The normalized spacial score (nSPS) is 19.3. The van der Waals surface area contributed by atoms with E-state index in [-0.39, 0.29) is 17.4 Å². The zero-order valence-electron chi connectivity index (χ0n) is 12.8. The zero-order valence-corrected chi connectivity index (χ0v) is 13.7. The topological polar surface area (TPSA) is 76.1 Å². The predicted octanol–water partition coefficient (Wildman–Crippen LogP) is 1.90. The van der Waals surface area contributed by atoms with E-state index in [1.54, 1.807) is 18.3 Å². The van der Waals surface area contributed by atoms with Gasteiger partial charge in [-0.2, -0.15) is 0 Å². The van der Waals surface area contributed by atoms with Crippen molar-refractivity contribution < 1.29 is 13.2 Å². The third-order valence-electron chi connectivity index (χ3n) is 4.16. The molecule has 0 aromatic carbocycles. The molecule has 1 N–H and O–H groups in total. The highest BCUT2D eigenvalue weighted by Gasteiger charge is 2.37. The largest absolute Gasteiger partial charge is 0.345 e. The van der Waals surface area contributed by atoms with E-state index in [0.717, 1.165) is 12.0 Å². The molecular formula is C16H22N2O3S. The molecule has 0 radical (unpaired) electrons. The lowest BCUT2D eigenvalue weighted by molar-refractivity contribution is 0.0885. The van der Waals surface area contributed by atoms with Crippen LogP contribution < -0.4 is 5.32 Å². The third kappa shape index (κ3) is 3.94. The fraction of sp³-hybridized carbons (Fsp3) is 0.500. The first-order chi connectivity index (χ1) is 10.4. The van der Waals surface area contributed by atoms with E-state index in [0.29, 0.717) is 25.0 Å². The maximum Gasteiger partial charge on any atom is 0.270 e. The summed E-state index contributed by atoms with van der Waals surface area (Å²) in [6.45, 7) is 5.74. The zero-order chi connectivity index (χ0) is 16.2. The van der Waals surface area contributed by atoms with Gasteiger partial charge in [0.25, 0.3) is 5.91 Å². The molecular weight excluding hydrogens is 300 g/mol. The van der Waals surface area contributed by atoms with Gasteiger partial charge in [0.2, 0.25) is 0 Å². The first-order valence-corrected chi connectivity index (χ1v) is 9.31. The van der Waals surface area contributed by atoms with Crippen LogP contribution in [0.4, 0.5) is 0 Å². The maximum absolute atomic E-state index is 12.5. The molecule has 1 aromatic rings. The summed E-state index contributed by atoms with van der Waals surface area (Å²) in [5, 5.41) is 3.00. The third-order valence-corrected chi connectivity index (χ3v) is 5.81. The number of sulfone groups is 1. The van der Waals surface area contributed by atoms with Gasteiger partial charge in [0, 0.05) is 11.7 Å². The van der Waals surface area contributed by atoms with Crippen molar-refractivity contribution in [2.24, 2.45) is 0 Å². The number of amides is 1. The summed E-state index contributed by atoms with van der Waals surface area (Å²) in [6, 6.07) is 3.65. The highest BCUT2D eigenvalue weighted by molar-refractivity contribution is 7.91. The van der Waals surface area contributed by atoms with Gasteiger partial charge in [0.1, 0.15) is 15.5 Å². The fourth-order valence-electron chi connectivity index (χ4n) is 2.71. The Kier molecular flexibility index (Phi) is 5.01. The Labute approximate surface area is 131 Å². The van der Waals surface area contributed by atoms with Crippen molar-refractivity contribution in [1.82, 2.24) is 10.3 Å². The highest BCUT2D eigenvalue weighted by Crippen LogP contribution is 2.28. The first-order valence-electron chi connectivity index (χ1n) is 7.48. The molecule has 2 heterocycles. The average molecular weight is 322 g/mol. The van der Waals surface area contributed by atoms with Crippen LogP contribution in [0.3, 0.4) is 0 Å². The van der Waals surface area contributed by atoms with Gasteiger partial charge in [-0.1, -0.05) is 13.0 Å². The summed E-state index contributed by atoms with van der Waals surface area (Å²) in [7, 11) is -2.98. The van der Waals surface area contributed by atoms with E-state index in [1.165, 1.54) is 0 Å². The Morgan fingerprint density at radius 2 is 2.14 bits per heavy atom. The smallest absolute Gasteiger partial charge is 0.270 e. The molecule has 1 aliphatic heterocycles. The van der Waals surface area contributed by atoms with Crippen molar-refractivity contribution in [3.05, 3.63) is 42.2 Å². The van der Waals surface area contributed by atoms with E-state index in [2.05, 4.69) is 16.9 Å². The van der Waals surface area contributed by atoms with Crippen LogP contribution in [0.1, 0.15) is 42.2 Å². The highest BCUT2D eigenvalue weighted by atomic mass is 32.2. The van der Waals surface area contributed by atoms with Gasteiger partial charge in [0.15, 0.2) is 0 Å². The molecule has 22 heavy (non-hydrogen) atoms. The quantitative estimate of drug-likeness (QED) is 0.840. The second-order valence-corrected chi connectivity index (χ2v) is 8.09. The molecule has 2 rings (SSSR count). The van der Waals surface area contributed by atoms with Gasteiger partial charge in [0.05, 0.1) is 11.5 Å². The fourth-order valence-corrected chi connectivity index (χ4v) is 4.32. The predicted molar refractivity (Wildman–Crippen MR) is 86.5 cm³/mol. The minimum absolute atomic E-state index is 0.101. The van der Waals surface area contributed by atoms with Crippen LogP contribution in [0.25, 0.3) is 0 Å². The molecule has 0 bridgehead atoms. The van der Waals surface area contributed by atoms with Crippen LogP contribution in [0, 0.1) is 0 Å². The molecule has 0 saturated carbocycles. The minimum atomic E-state index is -2.98. The molecule has 1 fully saturated rings. The molecule has 1 amide bonds. The number of pyridine rings is 1. The van der Waals surface area contributed by atoms with Gasteiger partial charge >= 0.3 is 0 Å². The van der Waals surface area contributed by atoms with Crippen LogP contribution in [0.15, 0.2) is 31.0 Å². The summed E-state index contributed by atoms with van der Waals surface area (Å²) < 4.78 is 23.3. The van der Waals surface area contributed by atoms with E-state index < -0.39 is 15.4 Å². The number of hydrogen-bond donors (Lipinski definition) is 1. The molecule has 1 saturated heterocycles. The van der Waals surface area contributed by atoms with Crippen molar-refractivity contribution in [2.75, 3.05) is 11.5 Å². The molecule has 1 aromatic heterocycles. The molecule has 6 heteroatoms. The lowest BCUT2D eigenvalue weighted by atomic mass is 9.88.